The summed E-state index contributed by atoms with van der Waals surface area (Å²) in [6.07, 6.45) is 8.16. The van der Waals surface area contributed by atoms with E-state index in [2.05, 4.69) is 30.1 Å². The molecule has 1 amide bonds. The first-order valence-electron chi connectivity index (χ1n) is 10.8. The maximum absolute atomic E-state index is 12.7. The first-order chi connectivity index (χ1) is 14.2. The van der Waals surface area contributed by atoms with Crippen molar-refractivity contribution in [1.29, 1.82) is 0 Å². The van der Waals surface area contributed by atoms with Crippen LogP contribution in [0.3, 0.4) is 0 Å². The minimum absolute atomic E-state index is 0.0958. The number of aryl methyl sites for hydroxylation is 1. The molecule has 7 heteroatoms. The molecule has 2 aliphatic heterocycles. The van der Waals surface area contributed by atoms with Gasteiger partial charge in [-0.1, -0.05) is 6.07 Å². The van der Waals surface area contributed by atoms with Crippen molar-refractivity contribution in [2.75, 3.05) is 26.2 Å². The summed E-state index contributed by atoms with van der Waals surface area (Å²) < 4.78 is 0. The van der Waals surface area contributed by atoms with Crippen molar-refractivity contribution in [1.82, 2.24) is 30.1 Å². The van der Waals surface area contributed by atoms with Gasteiger partial charge in [-0.3, -0.25) is 19.6 Å². The smallest absolute Gasteiger partial charge is 0.224 e. The second kappa shape index (κ2) is 9.50. The number of hydrogen-bond acceptors (Lipinski definition) is 5. The van der Waals surface area contributed by atoms with Gasteiger partial charge in [0.1, 0.15) is 5.82 Å². The number of carbonyl (C=O) groups is 1. The minimum atomic E-state index is 0.0958. The van der Waals surface area contributed by atoms with Crippen molar-refractivity contribution >= 4 is 5.91 Å². The Morgan fingerprint density at radius 1 is 1.21 bits per heavy atom. The number of likely N-dealkylation sites (tertiary alicyclic amines) is 2. The molecule has 0 radical (unpaired) electrons. The highest BCUT2D eigenvalue weighted by atomic mass is 16.1. The SMILES string of the molecule is Cc1ncc(CN2CCC(N3CCCC(C(=O)NCc4ccccn4)C3)CC2)[nH]1. The second-order valence-electron chi connectivity index (χ2n) is 8.37. The molecule has 0 bridgehead atoms. The molecule has 29 heavy (non-hydrogen) atoms. The van der Waals surface area contributed by atoms with E-state index in [0.717, 1.165) is 57.1 Å². The summed E-state index contributed by atoms with van der Waals surface area (Å²) in [6.45, 7) is 7.68. The third-order valence-electron chi connectivity index (χ3n) is 6.22. The molecule has 2 saturated heterocycles. The van der Waals surface area contributed by atoms with Gasteiger partial charge in [0.15, 0.2) is 0 Å². The van der Waals surface area contributed by atoms with Crippen molar-refractivity contribution in [2.24, 2.45) is 5.92 Å². The number of rotatable bonds is 6. The number of pyridine rings is 1. The molecule has 0 spiro atoms. The molecule has 7 nitrogen and oxygen atoms in total. The lowest BCUT2D eigenvalue weighted by Gasteiger charge is -2.42. The fourth-order valence-corrected chi connectivity index (χ4v) is 4.61. The molecule has 1 unspecified atom stereocenters. The van der Waals surface area contributed by atoms with Crippen LogP contribution in [0.1, 0.15) is 42.9 Å². The van der Waals surface area contributed by atoms with Crippen molar-refractivity contribution in [3.8, 4) is 0 Å². The Morgan fingerprint density at radius 3 is 2.79 bits per heavy atom. The molecule has 2 aliphatic rings. The molecule has 4 heterocycles. The van der Waals surface area contributed by atoms with E-state index >= 15 is 0 Å². The van der Waals surface area contributed by atoms with Crippen LogP contribution in [0.4, 0.5) is 0 Å². The highest BCUT2D eigenvalue weighted by Gasteiger charge is 2.31. The standard InChI is InChI=1S/C22H32N6O/c1-17-24-14-20(26-17)16-27-11-7-21(8-12-27)28-10-4-5-18(15-28)22(29)25-13-19-6-2-3-9-23-19/h2-3,6,9,14,18,21H,4-5,7-8,10-13,15-16H2,1H3,(H,24,26)(H,25,29). The number of piperidine rings is 2. The monoisotopic (exact) mass is 396 g/mol. The summed E-state index contributed by atoms with van der Waals surface area (Å²) in [7, 11) is 0. The second-order valence-corrected chi connectivity index (χ2v) is 8.37. The van der Waals surface area contributed by atoms with Gasteiger partial charge in [0.05, 0.1) is 18.2 Å². The quantitative estimate of drug-likeness (QED) is 0.782. The van der Waals surface area contributed by atoms with E-state index in [4.69, 9.17) is 0 Å². The van der Waals surface area contributed by atoms with E-state index in [0.29, 0.717) is 12.6 Å². The fraction of sp³-hybridized carbons (Fsp3) is 0.591. The number of H-pyrrole nitrogens is 1. The molecular weight excluding hydrogens is 364 g/mol. The third kappa shape index (κ3) is 5.42. The summed E-state index contributed by atoms with van der Waals surface area (Å²) >= 11 is 0. The highest BCUT2D eigenvalue weighted by Crippen LogP contribution is 2.24. The zero-order chi connectivity index (χ0) is 20.1. The largest absolute Gasteiger partial charge is 0.350 e. The molecule has 156 valence electrons. The van der Waals surface area contributed by atoms with Crippen molar-refractivity contribution in [3.63, 3.8) is 0 Å². The first-order valence-corrected chi connectivity index (χ1v) is 10.8. The number of nitrogens with one attached hydrogen (secondary N) is 2. The molecule has 1 atom stereocenters. The maximum Gasteiger partial charge on any atom is 0.224 e. The molecule has 4 rings (SSSR count). The molecule has 0 aromatic carbocycles. The van der Waals surface area contributed by atoms with Crippen molar-refractivity contribution < 1.29 is 4.79 Å². The Hall–Kier alpha value is -2.25. The van der Waals surface area contributed by atoms with Crippen LogP contribution in [0, 0.1) is 12.8 Å². The van der Waals surface area contributed by atoms with Gasteiger partial charge in [0, 0.05) is 50.3 Å². The number of aromatic amines is 1. The number of nitrogens with zero attached hydrogens (tertiary/aromatic N) is 4. The molecule has 2 fully saturated rings. The van der Waals surface area contributed by atoms with Crippen LogP contribution >= 0.6 is 0 Å². The van der Waals surface area contributed by atoms with E-state index in [1.807, 2.05) is 31.3 Å². The maximum atomic E-state index is 12.7. The normalized spacial score (nSPS) is 21.9. The Balaban J connectivity index is 1.23. The first kappa shape index (κ1) is 20.0. The number of aromatic nitrogens is 3. The van der Waals surface area contributed by atoms with Crippen molar-refractivity contribution in [3.05, 3.63) is 47.8 Å². The molecule has 2 aromatic rings. The van der Waals surface area contributed by atoms with Crippen LogP contribution in [0.5, 0.6) is 0 Å². The number of carbonyl (C=O) groups excluding carboxylic acids is 1. The van der Waals surface area contributed by atoms with Gasteiger partial charge in [-0.2, -0.15) is 0 Å². The molecule has 2 aromatic heterocycles. The lowest BCUT2D eigenvalue weighted by atomic mass is 9.93. The lowest BCUT2D eigenvalue weighted by molar-refractivity contribution is -0.127. The summed E-state index contributed by atoms with van der Waals surface area (Å²) in [5, 5.41) is 3.08. The average Bonchev–Trinajstić information content (AvgIpc) is 3.18. The van der Waals surface area contributed by atoms with Gasteiger partial charge in [-0.05, 0) is 51.3 Å². The molecule has 2 N–H and O–H groups in total. The van der Waals surface area contributed by atoms with Gasteiger partial charge in [0.25, 0.3) is 0 Å². The van der Waals surface area contributed by atoms with E-state index in [1.165, 1.54) is 18.5 Å². The van der Waals surface area contributed by atoms with Gasteiger partial charge in [0.2, 0.25) is 5.91 Å². The fourth-order valence-electron chi connectivity index (χ4n) is 4.61. The van der Waals surface area contributed by atoms with E-state index < -0.39 is 0 Å². The Kier molecular flexibility index (Phi) is 6.56. The van der Waals surface area contributed by atoms with Gasteiger partial charge in [-0.25, -0.2) is 4.98 Å². The minimum Gasteiger partial charge on any atom is -0.350 e. The lowest BCUT2D eigenvalue weighted by Crippen LogP contribution is -2.50. The van der Waals surface area contributed by atoms with Crippen LogP contribution in [-0.2, 0) is 17.9 Å². The van der Waals surface area contributed by atoms with E-state index in [9.17, 15) is 4.79 Å². The number of amides is 1. The van der Waals surface area contributed by atoms with Crippen LogP contribution < -0.4 is 5.32 Å². The van der Waals surface area contributed by atoms with Crippen LogP contribution in [-0.4, -0.2) is 62.9 Å². The number of imidazole rings is 1. The summed E-state index contributed by atoms with van der Waals surface area (Å²) in [4.78, 5) is 29.7. The van der Waals surface area contributed by atoms with Gasteiger partial charge >= 0.3 is 0 Å². The predicted molar refractivity (Wildman–Crippen MR) is 112 cm³/mol. The Bertz CT molecular complexity index is 784. The van der Waals surface area contributed by atoms with E-state index in [-0.39, 0.29) is 11.8 Å². The highest BCUT2D eigenvalue weighted by molar-refractivity contribution is 5.78. The molecule has 0 saturated carbocycles. The summed E-state index contributed by atoms with van der Waals surface area (Å²) in [5.74, 6) is 1.25. The van der Waals surface area contributed by atoms with Gasteiger partial charge in [-0.15, -0.1) is 0 Å². The van der Waals surface area contributed by atoms with Crippen molar-refractivity contribution in [2.45, 2.75) is 51.7 Å². The van der Waals surface area contributed by atoms with Crippen LogP contribution in [0.15, 0.2) is 30.6 Å². The zero-order valence-corrected chi connectivity index (χ0v) is 17.3. The molecular formula is C22H32N6O. The molecule has 0 aliphatic carbocycles. The topological polar surface area (TPSA) is 77.2 Å². The zero-order valence-electron chi connectivity index (χ0n) is 17.3. The average molecular weight is 397 g/mol. The van der Waals surface area contributed by atoms with Crippen LogP contribution in [0.2, 0.25) is 0 Å². The summed E-state index contributed by atoms with van der Waals surface area (Å²) in [5.41, 5.74) is 2.11. The Labute approximate surface area is 172 Å². The Morgan fingerprint density at radius 2 is 2.07 bits per heavy atom. The van der Waals surface area contributed by atoms with E-state index in [1.54, 1.807) is 6.20 Å². The third-order valence-corrected chi connectivity index (χ3v) is 6.22. The summed E-state index contributed by atoms with van der Waals surface area (Å²) in [6, 6.07) is 6.40. The van der Waals surface area contributed by atoms with Crippen LogP contribution in [0.25, 0.3) is 0 Å². The van der Waals surface area contributed by atoms with Gasteiger partial charge < -0.3 is 10.3 Å². The predicted octanol–water partition coefficient (Wildman–Crippen LogP) is 2.11. The number of hydrogen-bond donors (Lipinski definition) is 2.